The van der Waals surface area contributed by atoms with E-state index < -0.39 is 11.9 Å². The molecular formula is C13H20N2O3S. The standard InChI is InChI=1S/C13H20N2O3S/c1-4-10(12(16)17)8-14-13(18)15(3)9(2)11-6-5-7-19-11/h5-7,9-10H,4,8H2,1-3H3,(H,14,18)(H,16,17). The zero-order chi connectivity index (χ0) is 14.4. The first-order valence-electron chi connectivity index (χ1n) is 6.24. The van der Waals surface area contributed by atoms with Crippen molar-refractivity contribution in [2.45, 2.75) is 26.3 Å². The molecule has 1 aromatic heterocycles. The summed E-state index contributed by atoms with van der Waals surface area (Å²) < 4.78 is 0. The fourth-order valence-electron chi connectivity index (χ4n) is 1.64. The van der Waals surface area contributed by atoms with Crippen LogP contribution in [-0.4, -0.2) is 35.6 Å². The van der Waals surface area contributed by atoms with E-state index in [0.29, 0.717) is 6.42 Å². The van der Waals surface area contributed by atoms with Gasteiger partial charge in [-0.1, -0.05) is 13.0 Å². The molecular weight excluding hydrogens is 264 g/mol. The van der Waals surface area contributed by atoms with Gasteiger partial charge in [-0.3, -0.25) is 4.79 Å². The van der Waals surface area contributed by atoms with E-state index in [4.69, 9.17) is 5.11 Å². The first kappa shape index (κ1) is 15.5. The summed E-state index contributed by atoms with van der Waals surface area (Å²) in [5, 5.41) is 13.6. The van der Waals surface area contributed by atoms with Gasteiger partial charge in [-0.15, -0.1) is 11.3 Å². The second kappa shape index (κ2) is 7.13. The maximum absolute atomic E-state index is 11.9. The van der Waals surface area contributed by atoms with Gasteiger partial charge < -0.3 is 15.3 Å². The lowest BCUT2D eigenvalue weighted by Gasteiger charge is -2.25. The Labute approximate surface area is 117 Å². The van der Waals surface area contributed by atoms with Gasteiger partial charge >= 0.3 is 12.0 Å². The summed E-state index contributed by atoms with van der Waals surface area (Å²) in [6.07, 6.45) is 0.500. The highest BCUT2D eigenvalue weighted by Crippen LogP contribution is 2.23. The summed E-state index contributed by atoms with van der Waals surface area (Å²) >= 11 is 1.59. The Morgan fingerprint density at radius 1 is 1.53 bits per heavy atom. The molecule has 0 spiro atoms. The van der Waals surface area contributed by atoms with Crippen LogP contribution in [0.4, 0.5) is 4.79 Å². The number of carboxylic acid groups (broad SMARTS) is 1. The molecule has 0 aliphatic heterocycles. The smallest absolute Gasteiger partial charge is 0.317 e. The maximum atomic E-state index is 11.9. The Bertz CT molecular complexity index is 420. The predicted octanol–water partition coefficient (Wildman–Crippen LogP) is 2.56. The van der Waals surface area contributed by atoms with E-state index in [9.17, 15) is 9.59 Å². The van der Waals surface area contributed by atoms with E-state index in [1.54, 1.807) is 30.2 Å². The summed E-state index contributed by atoms with van der Waals surface area (Å²) in [7, 11) is 1.71. The van der Waals surface area contributed by atoms with Crippen LogP contribution in [0.15, 0.2) is 17.5 Å². The first-order chi connectivity index (χ1) is 8.97. The number of nitrogens with one attached hydrogen (secondary N) is 1. The lowest BCUT2D eigenvalue weighted by molar-refractivity contribution is -0.141. The van der Waals surface area contributed by atoms with Crippen LogP contribution in [0.25, 0.3) is 0 Å². The van der Waals surface area contributed by atoms with Gasteiger partial charge in [0.05, 0.1) is 12.0 Å². The van der Waals surface area contributed by atoms with Gasteiger partial charge in [0.2, 0.25) is 0 Å². The van der Waals surface area contributed by atoms with E-state index in [2.05, 4.69) is 5.32 Å². The van der Waals surface area contributed by atoms with Gasteiger partial charge in [-0.05, 0) is 24.8 Å². The Morgan fingerprint density at radius 2 is 2.21 bits per heavy atom. The average molecular weight is 284 g/mol. The number of urea groups is 1. The average Bonchev–Trinajstić information content (AvgIpc) is 2.90. The van der Waals surface area contributed by atoms with E-state index in [-0.39, 0.29) is 18.6 Å². The summed E-state index contributed by atoms with van der Waals surface area (Å²) in [5.74, 6) is -1.41. The van der Waals surface area contributed by atoms with E-state index in [1.807, 2.05) is 24.4 Å². The minimum atomic E-state index is -0.878. The number of carboxylic acids is 1. The van der Waals surface area contributed by atoms with Crippen molar-refractivity contribution in [2.75, 3.05) is 13.6 Å². The Balaban J connectivity index is 2.51. The highest BCUT2D eigenvalue weighted by Gasteiger charge is 2.20. The van der Waals surface area contributed by atoms with Crippen LogP contribution in [0.1, 0.15) is 31.2 Å². The van der Waals surface area contributed by atoms with E-state index >= 15 is 0 Å². The number of hydrogen-bond donors (Lipinski definition) is 2. The summed E-state index contributed by atoms with van der Waals surface area (Å²) in [6, 6.07) is 3.65. The monoisotopic (exact) mass is 284 g/mol. The molecule has 19 heavy (non-hydrogen) atoms. The molecule has 2 unspecified atom stereocenters. The SMILES string of the molecule is CCC(CNC(=O)N(C)C(C)c1cccs1)C(=O)O. The number of carbonyl (C=O) groups is 2. The molecule has 0 fully saturated rings. The van der Waals surface area contributed by atoms with E-state index in [0.717, 1.165) is 4.88 Å². The molecule has 106 valence electrons. The van der Waals surface area contributed by atoms with Crippen molar-refractivity contribution in [3.8, 4) is 0 Å². The molecule has 0 radical (unpaired) electrons. The number of aliphatic carboxylic acids is 1. The van der Waals surface area contributed by atoms with Crippen molar-refractivity contribution in [1.82, 2.24) is 10.2 Å². The molecule has 0 saturated heterocycles. The molecule has 6 heteroatoms. The normalized spacial score (nSPS) is 13.6. The van der Waals surface area contributed by atoms with Gasteiger partial charge in [0.15, 0.2) is 0 Å². The molecule has 1 aromatic rings. The lowest BCUT2D eigenvalue weighted by Crippen LogP contribution is -2.41. The molecule has 0 aliphatic rings. The second-order valence-electron chi connectivity index (χ2n) is 4.43. The van der Waals surface area contributed by atoms with E-state index in [1.165, 1.54) is 0 Å². The highest BCUT2D eigenvalue weighted by molar-refractivity contribution is 7.10. The minimum absolute atomic E-state index is 0.0232. The fourth-order valence-corrected chi connectivity index (χ4v) is 2.46. The van der Waals surface area contributed by atoms with Gasteiger partial charge in [0.1, 0.15) is 0 Å². The number of amides is 2. The van der Waals surface area contributed by atoms with Crippen LogP contribution in [0, 0.1) is 5.92 Å². The van der Waals surface area contributed by atoms with Crippen molar-refractivity contribution >= 4 is 23.3 Å². The second-order valence-corrected chi connectivity index (χ2v) is 5.41. The van der Waals surface area contributed by atoms with Crippen molar-refractivity contribution in [3.05, 3.63) is 22.4 Å². The van der Waals surface area contributed by atoms with Gasteiger partial charge in [0, 0.05) is 18.5 Å². The van der Waals surface area contributed by atoms with Crippen molar-refractivity contribution < 1.29 is 14.7 Å². The number of rotatable bonds is 6. The minimum Gasteiger partial charge on any atom is -0.481 e. The topological polar surface area (TPSA) is 69.6 Å². The number of thiophene rings is 1. The van der Waals surface area contributed by atoms with Crippen LogP contribution in [0.5, 0.6) is 0 Å². The largest absolute Gasteiger partial charge is 0.481 e. The van der Waals surface area contributed by atoms with Gasteiger partial charge in [-0.2, -0.15) is 0 Å². The summed E-state index contributed by atoms with van der Waals surface area (Å²) in [6.45, 7) is 3.90. The lowest BCUT2D eigenvalue weighted by atomic mass is 10.1. The molecule has 2 N–H and O–H groups in total. The Hall–Kier alpha value is -1.56. The Morgan fingerprint density at radius 3 is 2.68 bits per heavy atom. The first-order valence-corrected chi connectivity index (χ1v) is 7.12. The molecule has 0 bridgehead atoms. The fraction of sp³-hybridized carbons (Fsp3) is 0.538. The van der Waals surface area contributed by atoms with Crippen LogP contribution in [0.2, 0.25) is 0 Å². The summed E-state index contributed by atoms with van der Waals surface area (Å²) in [4.78, 5) is 25.5. The van der Waals surface area contributed by atoms with Crippen LogP contribution in [-0.2, 0) is 4.79 Å². The number of nitrogens with zero attached hydrogens (tertiary/aromatic N) is 1. The van der Waals surface area contributed by atoms with Crippen molar-refractivity contribution in [1.29, 1.82) is 0 Å². The van der Waals surface area contributed by atoms with Crippen LogP contribution >= 0.6 is 11.3 Å². The van der Waals surface area contributed by atoms with Crippen molar-refractivity contribution in [2.24, 2.45) is 5.92 Å². The maximum Gasteiger partial charge on any atom is 0.317 e. The van der Waals surface area contributed by atoms with Crippen LogP contribution < -0.4 is 5.32 Å². The van der Waals surface area contributed by atoms with Gasteiger partial charge in [0.25, 0.3) is 0 Å². The molecule has 0 aromatic carbocycles. The molecule has 2 atom stereocenters. The van der Waals surface area contributed by atoms with Gasteiger partial charge in [-0.25, -0.2) is 4.79 Å². The predicted molar refractivity (Wildman–Crippen MR) is 75.3 cm³/mol. The zero-order valence-electron chi connectivity index (χ0n) is 11.4. The molecule has 0 saturated carbocycles. The summed E-state index contributed by atoms with van der Waals surface area (Å²) in [5.41, 5.74) is 0. The number of carbonyl (C=O) groups excluding carboxylic acids is 1. The quantitative estimate of drug-likeness (QED) is 0.843. The van der Waals surface area contributed by atoms with Crippen LogP contribution in [0.3, 0.4) is 0 Å². The zero-order valence-corrected chi connectivity index (χ0v) is 12.2. The third-order valence-corrected chi connectivity index (χ3v) is 4.24. The highest BCUT2D eigenvalue weighted by atomic mass is 32.1. The third-order valence-electron chi connectivity index (χ3n) is 3.20. The molecule has 1 rings (SSSR count). The molecule has 2 amide bonds. The Kier molecular flexibility index (Phi) is 5.82. The molecule has 1 heterocycles. The molecule has 5 nitrogen and oxygen atoms in total. The van der Waals surface area contributed by atoms with Crippen molar-refractivity contribution in [3.63, 3.8) is 0 Å². The molecule has 0 aliphatic carbocycles. The number of hydrogen-bond acceptors (Lipinski definition) is 3. The third kappa shape index (κ3) is 4.24.